The Labute approximate surface area is 119 Å². The smallest absolute Gasteiger partial charge is 0.123 e. The number of halogens is 1. The predicted molar refractivity (Wildman–Crippen MR) is 82.3 cm³/mol. The number of nitrogens with one attached hydrogen (secondary N) is 1. The van der Waals surface area contributed by atoms with Gasteiger partial charge < -0.3 is 11.1 Å². The number of hydrogen-bond donors (Lipinski definition) is 2. The van der Waals surface area contributed by atoms with E-state index < -0.39 is 0 Å². The van der Waals surface area contributed by atoms with Gasteiger partial charge in [0.2, 0.25) is 0 Å². The summed E-state index contributed by atoms with van der Waals surface area (Å²) in [6.07, 6.45) is 0.942. The van der Waals surface area contributed by atoms with Crippen LogP contribution in [0.5, 0.6) is 0 Å². The van der Waals surface area contributed by atoms with E-state index in [1.165, 1.54) is 17.7 Å². The van der Waals surface area contributed by atoms with Gasteiger partial charge >= 0.3 is 0 Å². The predicted octanol–water partition coefficient (Wildman–Crippen LogP) is 3.76. The third-order valence-corrected chi connectivity index (χ3v) is 3.51. The highest BCUT2D eigenvalue weighted by atomic mass is 19.1. The number of rotatable bonds is 6. The summed E-state index contributed by atoms with van der Waals surface area (Å²) in [5.74, 6) is 0.204. The molecule has 0 amide bonds. The van der Waals surface area contributed by atoms with E-state index in [1.807, 2.05) is 6.07 Å². The van der Waals surface area contributed by atoms with Gasteiger partial charge in [-0.2, -0.15) is 0 Å². The molecule has 2 aromatic rings. The fraction of sp³-hybridized carbons (Fsp3) is 0.294. The topological polar surface area (TPSA) is 38.0 Å². The van der Waals surface area contributed by atoms with Gasteiger partial charge in [0.05, 0.1) is 0 Å². The molecule has 0 radical (unpaired) electrons. The minimum Gasteiger partial charge on any atom is -0.381 e. The maximum absolute atomic E-state index is 12.9. The zero-order chi connectivity index (χ0) is 14.4. The highest BCUT2D eigenvalue weighted by Crippen LogP contribution is 2.22. The van der Waals surface area contributed by atoms with Crippen LogP contribution < -0.4 is 11.1 Å². The van der Waals surface area contributed by atoms with Crippen molar-refractivity contribution < 1.29 is 4.39 Å². The molecule has 2 nitrogen and oxygen atoms in total. The summed E-state index contributed by atoms with van der Waals surface area (Å²) in [4.78, 5) is 0. The van der Waals surface area contributed by atoms with Crippen molar-refractivity contribution in [2.45, 2.75) is 25.3 Å². The maximum atomic E-state index is 12.9. The van der Waals surface area contributed by atoms with Crippen LogP contribution >= 0.6 is 0 Å². The number of nitrogens with two attached hydrogens (primary N) is 1. The minimum absolute atomic E-state index is 0.177. The summed E-state index contributed by atoms with van der Waals surface area (Å²) in [7, 11) is 0. The zero-order valence-electron chi connectivity index (χ0n) is 11.7. The number of hydrogen-bond acceptors (Lipinski definition) is 2. The summed E-state index contributed by atoms with van der Waals surface area (Å²) >= 11 is 0. The van der Waals surface area contributed by atoms with E-state index >= 15 is 0 Å². The molecule has 0 fully saturated rings. The quantitative estimate of drug-likeness (QED) is 0.840. The molecule has 2 unspecified atom stereocenters. The first-order valence-electron chi connectivity index (χ1n) is 6.96. The van der Waals surface area contributed by atoms with Gasteiger partial charge in [0.1, 0.15) is 5.82 Å². The Morgan fingerprint density at radius 2 is 1.70 bits per heavy atom. The Morgan fingerprint density at radius 1 is 1.05 bits per heavy atom. The maximum Gasteiger partial charge on any atom is 0.123 e. The molecule has 0 bridgehead atoms. The van der Waals surface area contributed by atoms with Crippen LogP contribution in [0.4, 0.5) is 10.1 Å². The molecule has 0 saturated carbocycles. The van der Waals surface area contributed by atoms with Gasteiger partial charge in [-0.15, -0.1) is 0 Å². The van der Waals surface area contributed by atoms with E-state index in [-0.39, 0.29) is 11.9 Å². The van der Waals surface area contributed by atoms with Crippen LogP contribution in [0.1, 0.15) is 24.8 Å². The molecular formula is C17H21FN2. The average Bonchev–Trinajstić information content (AvgIpc) is 2.49. The van der Waals surface area contributed by atoms with E-state index in [0.29, 0.717) is 12.5 Å². The SMILES string of the molecule is CC(CC(CN)Nc1ccc(F)cc1)c1ccccc1. The van der Waals surface area contributed by atoms with Gasteiger partial charge in [-0.1, -0.05) is 37.3 Å². The van der Waals surface area contributed by atoms with E-state index in [2.05, 4.69) is 36.5 Å². The average molecular weight is 272 g/mol. The lowest BCUT2D eigenvalue weighted by atomic mass is 9.94. The standard InChI is InChI=1S/C17H21FN2/c1-13(14-5-3-2-4-6-14)11-17(12-19)20-16-9-7-15(18)8-10-16/h2-10,13,17,20H,11-12,19H2,1H3. The fourth-order valence-electron chi connectivity index (χ4n) is 2.34. The summed E-state index contributed by atoms with van der Waals surface area (Å²) in [5.41, 5.74) is 8.06. The molecule has 0 aliphatic rings. The van der Waals surface area contributed by atoms with Crippen molar-refractivity contribution in [3.05, 3.63) is 66.0 Å². The molecule has 2 atom stereocenters. The fourth-order valence-corrected chi connectivity index (χ4v) is 2.34. The zero-order valence-corrected chi connectivity index (χ0v) is 11.7. The van der Waals surface area contributed by atoms with Crippen LogP contribution in [0.3, 0.4) is 0 Å². The number of benzene rings is 2. The van der Waals surface area contributed by atoms with Crippen LogP contribution in [0.2, 0.25) is 0 Å². The Kier molecular flexibility index (Phi) is 5.13. The highest BCUT2D eigenvalue weighted by Gasteiger charge is 2.13. The Morgan fingerprint density at radius 3 is 2.30 bits per heavy atom. The normalized spacial score (nSPS) is 13.8. The Balaban J connectivity index is 1.97. The van der Waals surface area contributed by atoms with Crippen LogP contribution in [-0.2, 0) is 0 Å². The molecule has 106 valence electrons. The molecule has 0 aromatic heterocycles. The third-order valence-electron chi connectivity index (χ3n) is 3.51. The lowest BCUT2D eigenvalue weighted by Gasteiger charge is -2.22. The monoisotopic (exact) mass is 272 g/mol. The molecule has 0 heterocycles. The van der Waals surface area contributed by atoms with Crippen molar-refractivity contribution in [1.29, 1.82) is 0 Å². The van der Waals surface area contributed by atoms with Crippen molar-refractivity contribution in [2.24, 2.45) is 5.73 Å². The lowest BCUT2D eigenvalue weighted by molar-refractivity contribution is 0.585. The van der Waals surface area contributed by atoms with Crippen molar-refractivity contribution in [3.63, 3.8) is 0 Å². The molecule has 2 aromatic carbocycles. The molecule has 0 aliphatic heterocycles. The van der Waals surface area contributed by atoms with Crippen molar-refractivity contribution in [3.8, 4) is 0 Å². The van der Waals surface area contributed by atoms with Crippen LogP contribution in [0.25, 0.3) is 0 Å². The van der Waals surface area contributed by atoms with E-state index in [4.69, 9.17) is 5.73 Å². The summed E-state index contributed by atoms with van der Waals surface area (Å²) in [6.45, 7) is 2.75. The Bertz CT molecular complexity index is 510. The van der Waals surface area contributed by atoms with Crippen LogP contribution in [-0.4, -0.2) is 12.6 Å². The summed E-state index contributed by atoms with van der Waals surface area (Å²) < 4.78 is 12.9. The van der Waals surface area contributed by atoms with E-state index in [9.17, 15) is 4.39 Å². The second kappa shape index (κ2) is 7.06. The molecule has 0 aliphatic carbocycles. The Hall–Kier alpha value is -1.87. The highest BCUT2D eigenvalue weighted by molar-refractivity contribution is 5.44. The first-order chi connectivity index (χ1) is 9.69. The van der Waals surface area contributed by atoms with Crippen molar-refractivity contribution in [2.75, 3.05) is 11.9 Å². The lowest BCUT2D eigenvalue weighted by Crippen LogP contribution is -2.30. The van der Waals surface area contributed by atoms with Gasteiger partial charge in [-0.25, -0.2) is 4.39 Å². The van der Waals surface area contributed by atoms with Gasteiger partial charge in [0.15, 0.2) is 0 Å². The molecule has 2 rings (SSSR count). The van der Waals surface area contributed by atoms with Crippen LogP contribution in [0.15, 0.2) is 54.6 Å². The van der Waals surface area contributed by atoms with E-state index in [0.717, 1.165) is 12.1 Å². The molecular weight excluding hydrogens is 251 g/mol. The van der Waals surface area contributed by atoms with Gasteiger partial charge in [-0.05, 0) is 42.2 Å². The first-order valence-corrected chi connectivity index (χ1v) is 6.96. The summed E-state index contributed by atoms with van der Waals surface area (Å²) in [6, 6.07) is 17.0. The van der Waals surface area contributed by atoms with E-state index in [1.54, 1.807) is 12.1 Å². The first kappa shape index (κ1) is 14.5. The van der Waals surface area contributed by atoms with Crippen molar-refractivity contribution in [1.82, 2.24) is 0 Å². The molecule has 3 heteroatoms. The second-order valence-electron chi connectivity index (χ2n) is 5.13. The molecule has 20 heavy (non-hydrogen) atoms. The largest absolute Gasteiger partial charge is 0.381 e. The van der Waals surface area contributed by atoms with Crippen LogP contribution in [0, 0.1) is 5.82 Å². The van der Waals surface area contributed by atoms with Crippen molar-refractivity contribution >= 4 is 5.69 Å². The van der Waals surface area contributed by atoms with Gasteiger partial charge in [0.25, 0.3) is 0 Å². The third kappa shape index (κ3) is 4.07. The van der Waals surface area contributed by atoms with Gasteiger partial charge in [-0.3, -0.25) is 0 Å². The molecule has 3 N–H and O–H groups in total. The second-order valence-corrected chi connectivity index (χ2v) is 5.13. The van der Waals surface area contributed by atoms with Gasteiger partial charge in [0, 0.05) is 18.3 Å². The molecule has 0 spiro atoms. The minimum atomic E-state index is -0.225. The molecule has 0 saturated heterocycles. The number of anilines is 1. The summed E-state index contributed by atoms with van der Waals surface area (Å²) in [5, 5.41) is 3.36.